The van der Waals surface area contributed by atoms with Gasteiger partial charge in [-0.05, 0) is 18.6 Å². The van der Waals surface area contributed by atoms with Crippen molar-refractivity contribution >= 4 is 17.8 Å². The highest BCUT2D eigenvalue weighted by Crippen LogP contribution is 2.07. The highest BCUT2D eigenvalue weighted by molar-refractivity contribution is 6.04. The molecule has 2 rings (SSSR count). The molecule has 7 nitrogen and oxygen atoms in total. The SMILES string of the molecule is O=C(COc1ccccc1)NCCC1NC(=O)NC1=O. The first-order valence-electron chi connectivity index (χ1n) is 6.21. The molecule has 1 fully saturated rings. The Hall–Kier alpha value is -2.57. The van der Waals surface area contributed by atoms with Crippen molar-refractivity contribution in [2.24, 2.45) is 0 Å². The Balaban J connectivity index is 1.63. The molecule has 1 heterocycles. The van der Waals surface area contributed by atoms with Crippen LogP contribution in [-0.2, 0) is 9.59 Å². The molecule has 0 spiro atoms. The standard InChI is InChI=1S/C13H15N3O4/c17-11(8-20-9-4-2-1-3-5-9)14-7-6-10-12(18)16-13(19)15-10/h1-5,10H,6-8H2,(H,14,17)(H2,15,16,18,19). The number of imide groups is 1. The lowest BCUT2D eigenvalue weighted by atomic mass is 10.2. The molecule has 0 radical (unpaired) electrons. The van der Waals surface area contributed by atoms with Crippen LogP contribution >= 0.6 is 0 Å². The lowest BCUT2D eigenvalue weighted by Gasteiger charge is -2.09. The van der Waals surface area contributed by atoms with Crippen LogP contribution < -0.4 is 20.7 Å². The van der Waals surface area contributed by atoms with Crippen LogP contribution in [0.25, 0.3) is 0 Å². The number of hydrogen-bond donors (Lipinski definition) is 3. The van der Waals surface area contributed by atoms with Gasteiger partial charge in [0.25, 0.3) is 11.8 Å². The van der Waals surface area contributed by atoms with Crippen molar-refractivity contribution in [3.8, 4) is 5.75 Å². The largest absolute Gasteiger partial charge is 0.484 e. The lowest BCUT2D eigenvalue weighted by Crippen LogP contribution is -2.36. The Morgan fingerprint density at radius 1 is 1.25 bits per heavy atom. The van der Waals surface area contributed by atoms with E-state index < -0.39 is 12.1 Å². The van der Waals surface area contributed by atoms with Crippen molar-refractivity contribution < 1.29 is 19.1 Å². The van der Waals surface area contributed by atoms with Gasteiger partial charge in [0.2, 0.25) is 0 Å². The van der Waals surface area contributed by atoms with Crippen LogP contribution in [0.3, 0.4) is 0 Å². The van der Waals surface area contributed by atoms with Gasteiger partial charge in [-0.2, -0.15) is 0 Å². The molecule has 0 aromatic heterocycles. The van der Waals surface area contributed by atoms with E-state index in [0.717, 1.165) is 0 Å². The van der Waals surface area contributed by atoms with Gasteiger partial charge in [-0.25, -0.2) is 4.79 Å². The van der Waals surface area contributed by atoms with Gasteiger partial charge in [0, 0.05) is 6.54 Å². The van der Waals surface area contributed by atoms with Crippen LogP contribution in [0, 0.1) is 0 Å². The van der Waals surface area contributed by atoms with Gasteiger partial charge in [0.1, 0.15) is 11.8 Å². The number of carbonyl (C=O) groups is 3. The van der Waals surface area contributed by atoms with Crippen molar-refractivity contribution in [1.82, 2.24) is 16.0 Å². The lowest BCUT2D eigenvalue weighted by molar-refractivity contribution is -0.124. The van der Waals surface area contributed by atoms with Gasteiger partial charge in [-0.15, -0.1) is 0 Å². The number of hydrogen-bond acceptors (Lipinski definition) is 4. The first-order chi connectivity index (χ1) is 9.65. The number of carbonyl (C=O) groups excluding carboxylic acids is 3. The minimum atomic E-state index is -0.585. The zero-order valence-corrected chi connectivity index (χ0v) is 10.7. The van der Waals surface area contributed by atoms with Crippen LogP contribution in [0.1, 0.15) is 6.42 Å². The molecule has 1 aromatic carbocycles. The smallest absolute Gasteiger partial charge is 0.322 e. The topological polar surface area (TPSA) is 96.5 Å². The van der Waals surface area contributed by atoms with E-state index in [4.69, 9.17) is 4.74 Å². The fourth-order valence-electron chi connectivity index (χ4n) is 1.73. The molecule has 20 heavy (non-hydrogen) atoms. The summed E-state index contributed by atoms with van der Waals surface area (Å²) < 4.78 is 5.27. The molecule has 3 N–H and O–H groups in total. The van der Waals surface area contributed by atoms with E-state index in [1.54, 1.807) is 12.1 Å². The molecular formula is C13H15N3O4. The molecule has 4 amide bonds. The number of para-hydroxylation sites is 1. The van der Waals surface area contributed by atoms with Crippen LogP contribution in [0.5, 0.6) is 5.75 Å². The molecule has 0 saturated carbocycles. The van der Waals surface area contributed by atoms with Gasteiger partial charge in [-0.3, -0.25) is 14.9 Å². The molecule has 106 valence electrons. The van der Waals surface area contributed by atoms with E-state index in [9.17, 15) is 14.4 Å². The number of urea groups is 1. The second-order valence-electron chi connectivity index (χ2n) is 4.26. The van der Waals surface area contributed by atoms with E-state index in [1.807, 2.05) is 18.2 Å². The average Bonchev–Trinajstić information content (AvgIpc) is 2.76. The van der Waals surface area contributed by atoms with Crippen LogP contribution in [0.15, 0.2) is 30.3 Å². The third-order valence-corrected chi connectivity index (χ3v) is 2.73. The number of nitrogens with one attached hydrogen (secondary N) is 3. The number of benzene rings is 1. The first-order valence-corrected chi connectivity index (χ1v) is 6.21. The molecule has 1 aliphatic heterocycles. The summed E-state index contributed by atoms with van der Waals surface area (Å²) in [6, 6.07) is 7.91. The second-order valence-corrected chi connectivity index (χ2v) is 4.26. The van der Waals surface area contributed by atoms with E-state index in [-0.39, 0.29) is 25.0 Å². The van der Waals surface area contributed by atoms with Crippen LogP contribution in [0.2, 0.25) is 0 Å². The Bertz CT molecular complexity index is 504. The summed E-state index contributed by atoms with van der Waals surface area (Å²) in [5.74, 6) is -0.0338. The minimum Gasteiger partial charge on any atom is -0.484 e. The second kappa shape index (κ2) is 6.55. The summed E-state index contributed by atoms with van der Waals surface area (Å²) in [5.41, 5.74) is 0. The molecule has 1 atom stereocenters. The molecule has 1 aromatic rings. The van der Waals surface area contributed by atoms with Gasteiger partial charge in [-0.1, -0.05) is 18.2 Å². The van der Waals surface area contributed by atoms with Crippen LogP contribution in [0.4, 0.5) is 4.79 Å². The van der Waals surface area contributed by atoms with Gasteiger partial charge < -0.3 is 15.4 Å². The summed E-state index contributed by atoms with van der Waals surface area (Å²) in [5, 5.41) is 7.20. The Kier molecular flexibility index (Phi) is 4.54. The molecular weight excluding hydrogens is 262 g/mol. The zero-order chi connectivity index (χ0) is 14.4. The zero-order valence-electron chi connectivity index (χ0n) is 10.7. The van der Waals surface area contributed by atoms with Gasteiger partial charge in [0.15, 0.2) is 6.61 Å². The maximum atomic E-state index is 11.5. The Labute approximate surface area is 115 Å². The summed E-state index contributed by atoms with van der Waals surface area (Å²) in [7, 11) is 0. The predicted molar refractivity (Wildman–Crippen MR) is 70.0 cm³/mol. The van der Waals surface area contributed by atoms with Crippen molar-refractivity contribution in [2.75, 3.05) is 13.2 Å². The minimum absolute atomic E-state index is 0.0900. The Morgan fingerprint density at radius 3 is 2.65 bits per heavy atom. The maximum Gasteiger partial charge on any atom is 0.322 e. The highest BCUT2D eigenvalue weighted by atomic mass is 16.5. The van der Waals surface area contributed by atoms with Gasteiger partial charge in [0.05, 0.1) is 0 Å². The summed E-state index contributed by atoms with van der Waals surface area (Å²) in [4.78, 5) is 33.6. The maximum absolute atomic E-state index is 11.5. The van der Waals surface area contributed by atoms with Crippen LogP contribution in [-0.4, -0.2) is 37.0 Å². The monoisotopic (exact) mass is 277 g/mol. The summed E-state index contributed by atoms with van der Waals surface area (Å²) in [6.45, 7) is 0.197. The number of rotatable bonds is 6. The highest BCUT2D eigenvalue weighted by Gasteiger charge is 2.28. The fraction of sp³-hybridized carbons (Fsp3) is 0.308. The Morgan fingerprint density at radius 2 is 2.00 bits per heavy atom. The molecule has 7 heteroatoms. The average molecular weight is 277 g/mol. The molecule has 1 saturated heterocycles. The fourth-order valence-corrected chi connectivity index (χ4v) is 1.73. The summed E-state index contributed by atoms with van der Waals surface area (Å²) >= 11 is 0. The third kappa shape index (κ3) is 3.98. The van der Waals surface area contributed by atoms with E-state index in [1.165, 1.54) is 0 Å². The number of amides is 4. The quantitative estimate of drug-likeness (QED) is 0.626. The van der Waals surface area contributed by atoms with E-state index >= 15 is 0 Å². The van der Waals surface area contributed by atoms with Crippen molar-refractivity contribution in [3.63, 3.8) is 0 Å². The van der Waals surface area contributed by atoms with Crippen molar-refractivity contribution in [3.05, 3.63) is 30.3 Å². The molecule has 0 bridgehead atoms. The molecule has 1 aliphatic rings. The molecule has 0 aliphatic carbocycles. The van der Waals surface area contributed by atoms with E-state index in [0.29, 0.717) is 12.2 Å². The third-order valence-electron chi connectivity index (χ3n) is 2.73. The molecule has 1 unspecified atom stereocenters. The van der Waals surface area contributed by atoms with E-state index in [2.05, 4.69) is 16.0 Å². The first kappa shape index (κ1) is 13.9. The summed E-state index contributed by atoms with van der Waals surface area (Å²) in [6.07, 6.45) is 0.342. The van der Waals surface area contributed by atoms with Gasteiger partial charge >= 0.3 is 6.03 Å². The predicted octanol–water partition coefficient (Wildman–Crippen LogP) is -0.220. The normalized spacial score (nSPS) is 17.3. The number of ether oxygens (including phenoxy) is 1. The van der Waals surface area contributed by atoms with Crippen molar-refractivity contribution in [1.29, 1.82) is 0 Å². The van der Waals surface area contributed by atoms with Crippen molar-refractivity contribution in [2.45, 2.75) is 12.5 Å².